The first kappa shape index (κ1) is 15.2. The van der Waals surface area contributed by atoms with Crippen molar-refractivity contribution in [1.29, 1.82) is 0 Å². The van der Waals surface area contributed by atoms with Crippen molar-refractivity contribution in [2.24, 2.45) is 11.3 Å². The molecule has 1 atom stereocenters. The predicted molar refractivity (Wildman–Crippen MR) is 79.3 cm³/mol. The van der Waals surface area contributed by atoms with Crippen LogP contribution in [-0.4, -0.2) is 6.04 Å². The molecule has 0 aliphatic rings. The molecule has 1 aromatic carbocycles. The SMILES string of the molecule is CCC(CC)(c1ccccc1)C(NN)C(C)(C)C. The highest BCUT2D eigenvalue weighted by molar-refractivity contribution is 5.28. The zero-order chi connectivity index (χ0) is 13.8. The van der Waals surface area contributed by atoms with Gasteiger partial charge in [0.15, 0.2) is 0 Å². The van der Waals surface area contributed by atoms with Crippen LogP contribution < -0.4 is 11.3 Å². The minimum absolute atomic E-state index is 0.0915. The summed E-state index contributed by atoms with van der Waals surface area (Å²) in [7, 11) is 0. The second-order valence-electron chi connectivity index (χ2n) is 6.19. The number of nitrogens with two attached hydrogens (primary N) is 1. The highest BCUT2D eigenvalue weighted by atomic mass is 15.2. The molecule has 102 valence electrons. The van der Waals surface area contributed by atoms with Gasteiger partial charge in [-0.05, 0) is 23.8 Å². The predicted octanol–water partition coefficient (Wildman–Crippen LogP) is 3.62. The molecule has 0 bridgehead atoms. The van der Waals surface area contributed by atoms with E-state index < -0.39 is 0 Å². The second-order valence-corrected chi connectivity index (χ2v) is 6.19. The summed E-state index contributed by atoms with van der Waals surface area (Å²) >= 11 is 0. The lowest BCUT2D eigenvalue weighted by Crippen LogP contribution is -2.57. The average Bonchev–Trinajstić information content (AvgIpc) is 2.35. The Morgan fingerprint density at radius 2 is 1.56 bits per heavy atom. The topological polar surface area (TPSA) is 38.0 Å². The van der Waals surface area contributed by atoms with Gasteiger partial charge in [-0.1, -0.05) is 65.0 Å². The van der Waals surface area contributed by atoms with Crippen molar-refractivity contribution < 1.29 is 0 Å². The molecule has 0 aliphatic carbocycles. The molecule has 0 saturated heterocycles. The molecule has 0 aromatic heterocycles. The Balaban J connectivity index is 3.30. The van der Waals surface area contributed by atoms with Crippen molar-refractivity contribution in [3.05, 3.63) is 35.9 Å². The lowest BCUT2D eigenvalue weighted by atomic mass is 9.63. The fourth-order valence-electron chi connectivity index (χ4n) is 3.24. The number of benzene rings is 1. The Morgan fingerprint density at radius 3 is 1.89 bits per heavy atom. The molecule has 0 radical (unpaired) electrons. The van der Waals surface area contributed by atoms with Crippen molar-refractivity contribution in [1.82, 2.24) is 5.43 Å². The van der Waals surface area contributed by atoms with Gasteiger partial charge >= 0.3 is 0 Å². The molecule has 1 rings (SSSR count). The molecular weight excluding hydrogens is 220 g/mol. The van der Waals surface area contributed by atoms with Crippen molar-refractivity contribution in [2.75, 3.05) is 0 Å². The zero-order valence-electron chi connectivity index (χ0n) is 12.5. The summed E-state index contributed by atoms with van der Waals surface area (Å²) in [5.74, 6) is 5.88. The van der Waals surface area contributed by atoms with Gasteiger partial charge in [-0.3, -0.25) is 11.3 Å². The van der Waals surface area contributed by atoms with Crippen molar-refractivity contribution in [2.45, 2.75) is 58.9 Å². The first-order valence-corrected chi connectivity index (χ1v) is 6.94. The second kappa shape index (κ2) is 5.85. The summed E-state index contributed by atoms with van der Waals surface area (Å²) in [5, 5.41) is 0. The van der Waals surface area contributed by atoms with Crippen LogP contribution in [0.25, 0.3) is 0 Å². The third-order valence-electron chi connectivity index (χ3n) is 4.20. The number of hydrazine groups is 1. The van der Waals surface area contributed by atoms with Crippen LogP contribution in [0, 0.1) is 5.41 Å². The minimum atomic E-state index is 0.0915. The molecule has 3 N–H and O–H groups in total. The summed E-state index contributed by atoms with van der Waals surface area (Å²) in [6.45, 7) is 11.3. The normalized spacial score (nSPS) is 14.6. The van der Waals surface area contributed by atoms with E-state index in [-0.39, 0.29) is 16.9 Å². The quantitative estimate of drug-likeness (QED) is 0.617. The van der Waals surface area contributed by atoms with Crippen LogP contribution in [0.2, 0.25) is 0 Å². The summed E-state index contributed by atoms with van der Waals surface area (Å²) in [4.78, 5) is 0. The smallest absolute Gasteiger partial charge is 0.0355 e. The average molecular weight is 248 g/mol. The van der Waals surface area contributed by atoms with Crippen LogP contribution >= 0.6 is 0 Å². The van der Waals surface area contributed by atoms with Crippen LogP contribution in [0.1, 0.15) is 53.0 Å². The molecule has 0 amide bonds. The van der Waals surface area contributed by atoms with Gasteiger partial charge in [0.2, 0.25) is 0 Å². The third-order valence-corrected chi connectivity index (χ3v) is 4.20. The Bertz CT molecular complexity index is 347. The Labute approximate surface area is 112 Å². The van der Waals surface area contributed by atoms with E-state index in [9.17, 15) is 0 Å². The number of rotatable bonds is 5. The first-order chi connectivity index (χ1) is 8.42. The third kappa shape index (κ3) is 2.76. The van der Waals surface area contributed by atoms with E-state index in [1.807, 2.05) is 0 Å². The monoisotopic (exact) mass is 248 g/mol. The van der Waals surface area contributed by atoms with E-state index >= 15 is 0 Å². The van der Waals surface area contributed by atoms with Gasteiger partial charge in [0, 0.05) is 11.5 Å². The molecule has 1 aromatic rings. The molecule has 1 unspecified atom stereocenters. The lowest BCUT2D eigenvalue weighted by molar-refractivity contribution is 0.149. The standard InChI is InChI=1S/C16H28N2/c1-6-16(7-2,13-11-9-8-10-12-13)14(18-17)15(3,4)5/h8-12,14,18H,6-7,17H2,1-5H3. The molecule has 0 spiro atoms. The van der Waals surface area contributed by atoms with Crippen LogP contribution in [0.4, 0.5) is 0 Å². The summed E-state index contributed by atoms with van der Waals surface area (Å²) in [5.41, 5.74) is 4.68. The Hall–Kier alpha value is -0.860. The van der Waals surface area contributed by atoms with E-state index in [4.69, 9.17) is 5.84 Å². The molecular formula is C16H28N2. The number of nitrogens with one attached hydrogen (secondary N) is 1. The van der Waals surface area contributed by atoms with Gasteiger partial charge in [0.25, 0.3) is 0 Å². The van der Waals surface area contributed by atoms with Gasteiger partial charge in [-0.15, -0.1) is 0 Å². The fourth-order valence-corrected chi connectivity index (χ4v) is 3.24. The Morgan fingerprint density at radius 1 is 1.06 bits per heavy atom. The highest BCUT2D eigenvalue weighted by Crippen LogP contribution is 2.41. The molecule has 18 heavy (non-hydrogen) atoms. The largest absolute Gasteiger partial charge is 0.271 e. The van der Waals surface area contributed by atoms with Gasteiger partial charge in [-0.25, -0.2) is 0 Å². The van der Waals surface area contributed by atoms with Crippen LogP contribution in [-0.2, 0) is 5.41 Å². The maximum Gasteiger partial charge on any atom is 0.0355 e. The van der Waals surface area contributed by atoms with Crippen LogP contribution in [0.3, 0.4) is 0 Å². The maximum atomic E-state index is 5.88. The lowest BCUT2D eigenvalue weighted by Gasteiger charge is -2.46. The molecule has 0 heterocycles. The van der Waals surface area contributed by atoms with Crippen molar-refractivity contribution >= 4 is 0 Å². The Kier molecular flexibility index (Phi) is 4.94. The van der Waals surface area contributed by atoms with Gasteiger partial charge in [-0.2, -0.15) is 0 Å². The van der Waals surface area contributed by atoms with E-state index in [0.717, 1.165) is 12.8 Å². The van der Waals surface area contributed by atoms with E-state index in [0.29, 0.717) is 0 Å². The first-order valence-electron chi connectivity index (χ1n) is 6.94. The summed E-state index contributed by atoms with van der Waals surface area (Å²) in [6, 6.07) is 11.0. The molecule has 0 saturated carbocycles. The number of hydrogen-bond acceptors (Lipinski definition) is 2. The van der Waals surface area contributed by atoms with Crippen molar-refractivity contribution in [3.8, 4) is 0 Å². The molecule has 2 nitrogen and oxygen atoms in total. The van der Waals surface area contributed by atoms with Crippen molar-refractivity contribution in [3.63, 3.8) is 0 Å². The fraction of sp³-hybridized carbons (Fsp3) is 0.625. The molecule has 2 heteroatoms. The highest BCUT2D eigenvalue weighted by Gasteiger charge is 2.42. The van der Waals surface area contributed by atoms with Gasteiger partial charge in [0.1, 0.15) is 0 Å². The minimum Gasteiger partial charge on any atom is -0.271 e. The van der Waals surface area contributed by atoms with E-state index in [2.05, 4.69) is 70.4 Å². The number of hydrogen-bond donors (Lipinski definition) is 2. The van der Waals surface area contributed by atoms with E-state index in [1.165, 1.54) is 5.56 Å². The van der Waals surface area contributed by atoms with E-state index in [1.54, 1.807) is 0 Å². The van der Waals surface area contributed by atoms with Gasteiger partial charge in [0.05, 0.1) is 0 Å². The van der Waals surface area contributed by atoms with Crippen LogP contribution in [0.5, 0.6) is 0 Å². The molecule has 0 fully saturated rings. The zero-order valence-corrected chi connectivity index (χ0v) is 12.5. The summed E-state index contributed by atoms with van der Waals surface area (Å²) < 4.78 is 0. The molecule has 0 aliphatic heterocycles. The maximum absolute atomic E-state index is 5.88. The van der Waals surface area contributed by atoms with Gasteiger partial charge < -0.3 is 0 Å². The van der Waals surface area contributed by atoms with Crippen LogP contribution in [0.15, 0.2) is 30.3 Å². The summed E-state index contributed by atoms with van der Waals surface area (Å²) in [6.07, 6.45) is 2.17.